The Hall–Kier alpha value is -1.50. The molecule has 0 bridgehead atoms. The van der Waals surface area contributed by atoms with E-state index in [1.807, 2.05) is 26.8 Å². The van der Waals surface area contributed by atoms with Gasteiger partial charge in [0, 0.05) is 11.0 Å². The average Bonchev–Trinajstić information content (AvgIpc) is 2.14. The topological polar surface area (TPSA) is 49.6 Å². The highest BCUT2D eigenvalue weighted by Crippen LogP contribution is 2.29. The molecule has 0 unspecified atom stereocenters. The maximum Gasteiger partial charge on any atom is 0.169 e. The number of hydrogen-bond acceptors (Lipinski definition) is 3. The minimum Gasteiger partial charge on any atom is -0.239 e. The summed E-state index contributed by atoms with van der Waals surface area (Å²) < 4.78 is 13.9. The number of nitrogens with zero attached hydrogens (tertiary/aromatic N) is 3. The van der Waals surface area contributed by atoms with Crippen molar-refractivity contribution < 1.29 is 4.39 Å². The van der Waals surface area contributed by atoms with Gasteiger partial charge in [-0.25, -0.2) is 4.39 Å². The summed E-state index contributed by atoms with van der Waals surface area (Å²) in [6.07, 6.45) is 0. The Morgan fingerprint density at radius 2 is 1.75 bits per heavy atom. The van der Waals surface area contributed by atoms with Crippen molar-refractivity contribution in [2.75, 3.05) is 0 Å². The summed E-state index contributed by atoms with van der Waals surface area (Å²) in [5.74, 6) is 0. The molecule has 0 aromatic carbocycles. The van der Waals surface area contributed by atoms with E-state index in [1.54, 1.807) is 6.07 Å². The maximum atomic E-state index is 13.9. The summed E-state index contributed by atoms with van der Waals surface area (Å²) in [5, 5.41) is 16.6. The highest BCUT2D eigenvalue weighted by Gasteiger charge is 2.27. The predicted octanol–water partition coefficient (Wildman–Crippen LogP) is 2.85. The molecular weight excluding hydrogens is 205 g/mol. The molecule has 0 saturated heterocycles. The third kappa shape index (κ3) is 2.54. The normalized spacial score (nSPS) is 12.3. The zero-order valence-electron chi connectivity index (χ0n) is 10.3. The van der Waals surface area contributed by atoms with E-state index in [1.165, 1.54) is 13.8 Å². The zero-order chi connectivity index (χ0) is 12.6. The van der Waals surface area contributed by atoms with Gasteiger partial charge in [0.1, 0.15) is 11.7 Å². The van der Waals surface area contributed by atoms with E-state index >= 15 is 0 Å². The largest absolute Gasteiger partial charge is 0.239 e. The second-order valence-corrected chi connectivity index (χ2v) is 5.33. The van der Waals surface area contributed by atoms with E-state index < -0.39 is 5.67 Å². The van der Waals surface area contributed by atoms with Gasteiger partial charge in [-0.15, -0.1) is 5.10 Å². The SMILES string of the molecule is CC(C)(C)c1cc(C(C)(C)F)c(C#N)nn1. The van der Waals surface area contributed by atoms with E-state index in [-0.39, 0.29) is 11.1 Å². The fraction of sp³-hybridized carbons (Fsp3) is 0.583. The molecule has 1 aromatic heterocycles. The summed E-state index contributed by atoms with van der Waals surface area (Å²) in [6.45, 7) is 8.74. The van der Waals surface area contributed by atoms with Gasteiger partial charge in [0.2, 0.25) is 0 Å². The lowest BCUT2D eigenvalue weighted by atomic mass is 9.88. The number of alkyl halides is 1. The minimum absolute atomic E-state index is 0.0560. The molecule has 1 rings (SSSR count). The molecule has 0 fully saturated rings. The lowest BCUT2D eigenvalue weighted by molar-refractivity contribution is 0.219. The molecule has 86 valence electrons. The van der Waals surface area contributed by atoms with Crippen molar-refractivity contribution in [3.05, 3.63) is 23.0 Å². The van der Waals surface area contributed by atoms with E-state index in [0.29, 0.717) is 11.3 Å². The number of halogens is 1. The molecule has 16 heavy (non-hydrogen) atoms. The van der Waals surface area contributed by atoms with Crippen LogP contribution in [-0.2, 0) is 11.1 Å². The molecule has 0 aliphatic heterocycles. The number of rotatable bonds is 1. The van der Waals surface area contributed by atoms with E-state index in [2.05, 4.69) is 10.2 Å². The molecule has 0 N–H and O–H groups in total. The first-order valence-electron chi connectivity index (χ1n) is 5.14. The third-order valence-electron chi connectivity index (χ3n) is 2.31. The van der Waals surface area contributed by atoms with Crippen molar-refractivity contribution in [3.8, 4) is 6.07 Å². The average molecular weight is 221 g/mol. The fourth-order valence-electron chi connectivity index (χ4n) is 1.29. The van der Waals surface area contributed by atoms with Crippen LogP contribution in [0.15, 0.2) is 6.07 Å². The standard InChI is InChI=1S/C12H16FN3/c1-11(2,3)10-6-8(12(4,5)13)9(7-14)15-16-10/h6H,1-5H3. The summed E-state index contributed by atoms with van der Waals surface area (Å²) in [7, 11) is 0. The van der Waals surface area contributed by atoms with Gasteiger partial charge in [0.05, 0.1) is 5.69 Å². The Labute approximate surface area is 95.3 Å². The predicted molar refractivity (Wildman–Crippen MR) is 59.6 cm³/mol. The van der Waals surface area contributed by atoms with Crippen LogP contribution in [0.4, 0.5) is 4.39 Å². The van der Waals surface area contributed by atoms with Crippen LogP contribution >= 0.6 is 0 Å². The van der Waals surface area contributed by atoms with Crippen molar-refractivity contribution in [2.45, 2.75) is 45.7 Å². The quantitative estimate of drug-likeness (QED) is 0.732. The Balaban J connectivity index is 3.41. The third-order valence-corrected chi connectivity index (χ3v) is 2.31. The van der Waals surface area contributed by atoms with Crippen molar-refractivity contribution in [3.63, 3.8) is 0 Å². The number of nitriles is 1. The maximum absolute atomic E-state index is 13.9. The van der Waals surface area contributed by atoms with Crippen molar-refractivity contribution in [1.29, 1.82) is 5.26 Å². The molecule has 0 atom stereocenters. The van der Waals surface area contributed by atoms with E-state index in [0.717, 1.165) is 0 Å². The number of aromatic nitrogens is 2. The zero-order valence-corrected chi connectivity index (χ0v) is 10.3. The monoisotopic (exact) mass is 221 g/mol. The van der Waals surface area contributed by atoms with Crippen molar-refractivity contribution in [2.24, 2.45) is 0 Å². The lowest BCUT2D eigenvalue weighted by Crippen LogP contribution is -2.20. The molecule has 0 saturated carbocycles. The highest BCUT2D eigenvalue weighted by atomic mass is 19.1. The second kappa shape index (κ2) is 3.82. The fourth-order valence-corrected chi connectivity index (χ4v) is 1.29. The molecule has 0 radical (unpaired) electrons. The molecule has 1 heterocycles. The first-order valence-corrected chi connectivity index (χ1v) is 5.14. The summed E-state index contributed by atoms with van der Waals surface area (Å²) in [5.41, 5.74) is -0.746. The molecule has 3 nitrogen and oxygen atoms in total. The van der Waals surface area contributed by atoms with Crippen LogP contribution in [0.2, 0.25) is 0 Å². The van der Waals surface area contributed by atoms with Gasteiger partial charge in [0.25, 0.3) is 0 Å². The molecule has 0 spiro atoms. The Morgan fingerprint density at radius 3 is 2.12 bits per heavy atom. The van der Waals surface area contributed by atoms with Crippen LogP contribution in [0.5, 0.6) is 0 Å². The minimum atomic E-state index is -1.58. The van der Waals surface area contributed by atoms with Gasteiger partial charge < -0.3 is 0 Å². The molecule has 0 aliphatic carbocycles. The van der Waals surface area contributed by atoms with Crippen molar-refractivity contribution >= 4 is 0 Å². The first kappa shape index (κ1) is 12.6. The summed E-state index contributed by atoms with van der Waals surface area (Å²) in [6, 6.07) is 3.50. The summed E-state index contributed by atoms with van der Waals surface area (Å²) >= 11 is 0. The van der Waals surface area contributed by atoms with Crippen LogP contribution in [-0.4, -0.2) is 10.2 Å². The smallest absolute Gasteiger partial charge is 0.169 e. The van der Waals surface area contributed by atoms with Crippen LogP contribution in [0.3, 0.4) is 0 Å². The van der Waals surface area contributed by atoms with Crippen LogP contribution in [0.1, 0.15) is 51.6 Å². The van der Waals surface area contributed by atoms with Gasteiger partial charge in [-0.3, -0.25) is 0 Å². The molecule has 1 aromatic rings. The second-order valence-electron chi connectivity index (χ2n) is 5.33. The van der Waals surface area contributed by atoms with E-state index in [4.69, 9.17) is 5.26 Å². The Bertz CT molecular complexity index is 433. The van der Waals surface area contributed by atoms with Crippen LogP contribution in [0.25, 0.3) is 0 Å². The van der Waals surface area contributed by atoms with Crippen LogP contribution in [0, 0.1) is 11.3 Å². The molecule has 0 amide bonds. The molecular formula is C12H16FN3. The van der Waals surface area contributed by atoms with Gasteiger partial charge in [0.15, 0.2) is 5.69 Å². The van der Waals surface area contributed by atoms with Gasteiger partial charge in [-0.05, 0) is 19.9 Å². The first-order chi connectivity index (χ1) is 7.16. The van der Waals surface area contributed by atoms with Crippen molar-refractivity contribution in [1.82, 2.24) is 10.2 Å². The van der Waals surface area contributed by atoms with E-state index in [9.17, 15) is 4.39 Å². The van der Waals surface area contributed by atoms with Gasteiger partial charge in [-0.1, -0.05) is 20.8 Å². The van der Waals surface area contributed by atoms with Gasteiger partial charge in [-0.2, -0.15) is 10.4 Å². The molecule has 4 heteroatoms. The summed E-state index contributed by atoms with van der Waals surface area (Å²) in [4.78, 5) is 0. The lowest BCUT2D eigenvalue weighted by Gasteiger charge is -2.21. The van der Waals surface area contributed by atoms with Crippen LogP contribution < -0.4 is 0 Å². The highest BCUT2D eigenvalue weighted by molar-refractivity contribution is 5.36. The Kier molecular flexibility index (Phi) is 3.00. The van der Waals surface area contributed by atoms with Gasteiger partial charge >= 0.3 is 0 Å². The number of hydrogen-bond donors (Lipinski definition) is 0. The Morgan fingerprint density at radius 1 is 1.19 bits per heavy atom. The molecule has 0 aliphatic rings.